The lowest BCUT2D eigenvalue weighted by atomic mass is 10.1. The van der Waals surface area contributed by atoms with Gasteiger partial charge in [0.2, 0.25) is 0 Å². The summed E-state index contributed by atoms with van der Waals surface area (Å²) < 4.78 is 0. The van der Waals surface area contributed by atoms with Crippen LogP contribution in [0.15, 0.2) is 78.9 Å². The van der Waals surface area contributed by atoms with Gasteiger partial charge in [-0.3, -0.25) is 4.79 Å². The van der Waals surface area contributed by atoms with Crippen molar-refractivity contribution in [1.82, 2.24) is 0 Å². The lowest BCUT2D eigenvalue weighted by Crippen LogP contribution is -2.12. The monoisotopic (exact) mass is 322 g/mol. The zero-order valence-electron chi connectivity index (χ0n) is 12.9. The number of amides is 1. The molecule has 0 aromatic heterocycles. The molecule has 24 heavy (non-hydrogen) atoms. The van der Waals surface area contributed by atoms with Crippen LogP contribution in [0.25, 0.3) is 0 Å². The summed E-state index contributed by atoms with van der Waals surface area (Å²) in [5.74, 6) is -1.05. The van der Waals surface area contributed by atoms with Gasteiger partial charge in [0.25, 0.3) is 5.91 Å². The number of para-hydroxylation sites is 2. The fourth-order valence-electron chi connectivity index (χ4n) is 1.93. The lowest BCUT2D eigenvalue weighted by Gasteiger charge is -2.08. The summed E-state index contributed by atoms with van der Waals surface area (Å²) in [6.45, 7) is 0. The first-order valence-corrected chi connectivity index (χ1v) is 7.26. The van der Waals surface area contributed by atoms with Crippen molar-refractivity contribution in [3.05, 3.63) is 84.4 Å². The van der Waals surface area contributed by atoms with Crippen LogP contribution in [-0.4, -0.2) is 16.1 Å². The Morgan fingerprint density at radius 2 is 1.25 bits per heavy atom. The van der Waals surface area contributed by atoms with Gasteiger partial charge >= 0.3 is 0 Å². The Labute approximate surface area is 140 Å². The third-order valence-electron chi connectivity index (χ3n) is 3.08. The quantitative estimate of drug-likeness (QED) is 0.542. The highest BCUT2D eigenvalue weighted by Crippen LogP contribution is 2.26. The number of benzene rings is 3. The van der Waals surface area contributed by atoms with Crippen molar-refractivity contribution in [3.8, 4) is 11.5 Å². The molecular weight excluding hydrogens is 304 g/mol. The number of nitrogen functional groups attached to an aromatic ring is 1. The highest BCUT2D eigenvalue weighted by molar-refractivity contribution is 6.08. The molecular formula is C19H18N2O3. The van der Waals surface area contributed by atoms with E-state index in [1.54, 1.807) is 24.3 Å². The molecule has 5 N–H and O–H groups in total. The summed E-state index contributed by atoms with van der Waals surface area (Å²) in [5.41, 5.74) is 6.65. The maximum atomic E-state index is 11.8. The second-order valence-corrected chi connectivity index (χ2v) is 4.90. The fraction of sp³-hybridized carbons (Fsp3) is 0. The Kier molecular flexibility index (Phi) is 5.80. The molecule has 0 spiro atoms. The number of anilines is 2. The van der Waals surface area contributed by atoms with Gasteiger partial charge in [-0.15, -0.1) is 0 Å². The van der Waals surface area contributed by atoms with Gasteiger partial charge < -0.3 is 21.3 Å². The molecule has 5 nitrogen and oxygen atoms in total. The molecule has 0 radical (unpaired) electrons. The zero-order chi connectivity index (χ0) is 17.4. The van der Waals surface area contributed by atoms with Crippen LogP contribution in [-0.2, 0) is 0 Å². The van der Waals surface area contributed by atoms with Gasteiger partial charge in [0, 0.05) is 11.4 Å². The highest BCUT2D eigenvalue weighted by Gasteiger charge is 2.15. The largest absolute Gasteiger partial charge is 0.507 e. The lowest BCUT2D eigenvalue weighted by molar-refractivity contribution is 0.102. The maximum Gasteiger partial charge on any atom is 0.263 e. The number of hydrogen-bond donors (Lipinski definition) is 4. The van der Waals surface area contributed by atoms with E-state index in [1.165, 1.54) is 18.2 Å². The van der Waals surface area contributed by atoms with Gasteiger partial charge in [-0.05, 0) is 36.4 Å². The number of carbonyl (C=O) groups is 1. The standard InChI is InChI=1S/C13H11NO3.C6H7N/c15-10-7-4-8-11(16)12(10)13(17)14-9-5-2-1-3-6-9;7-6-4-2-1-3-5-6/h1-8,15-16H,(H,14,17);1-5H,7H2. The maximum absolute atomic E-state index is 11.8. The van der Waals surface area contributed by atoms with Crippen LogP contribution in [0.1, 0.15) is 10.4 Å². The molecule has 0 heterocycles. The van der Waals surface area contributed by atoms with Crippen LogP contribution < -0.4 is 11.1 Å². The van der Waals surface area contributed by atoms with E-state index in [1.807, 2.05) is 36.4 Å². The normalized spacial score (nSPS) is 9.50. The van der Waals surface area contributed by atoms with Crippen molar-refractivity contribution >= 4 is 17.3 Å². The van der Waals surface area contributed by atoms with E-state index in [9.17, 15) is 15.0 Å². The molecule has 122 valence electrons. The SMILES string of the molecule is Nc1ccccc1.O=C(Nc1ccccc1)c1c(O)cccc1O. The van der Waals surface area contributed by atoms with E-state index >= 15 is 0 Å². The van der Waals surface area contributed by atoms with Gasteiger partial charge in [0.05, 0.1) is 0 Å². The van der Waals surface area contributed by atoms with E-state index in [4.69, 9.17) is 5.73 Å². The Bertz CT molecular complexity index is 770. The molecule has 3 rings (SSSR count). The Hall–Kier alpha value is -3.47. The van der Waals surface area contributed by atoms with E-state index in [0.717, 1.165) is 5.69 Å². The number of carbonyl (C=O) groups excluding carboxylic acids is 1. The van der Waals surface area contributed by atoms with Crippen molar-refractivity contribution in [3.63, 3.8) is 0 Å². The summed E-state index contributed by atoms with van der Waals surface area (Å²) in [7, 11) is 0. The Morgan fingerprint density at radius 1 is 0.750 bits per heavy atom. The third-order valence-corrected chi connectivity index (χ3v) is 3.08. The summed E-state index contributed by atoms with van der Waals surface area (Å²) in [5, 5.41) is 21.6. The second-order valence-electron chi connectivity index (χ2n) is 4.90. The third kappa shape index (κ3) is 4.78. The predicted octanol–water partition coefficient (Wildman–Crippen LogP) is 3.62. The molecule has 3 aromatic rings. The molecule has 0 atom stereocenters. The van der Waals surface area contributed by atoms with Crippen LogP contribution >= 0.6 is 0 Å². The van der Waals surface area contributed by atoms with Crippen molar-refractivity contribution in [2.24, 2.45) is 0 Å². The molecule has 3 aromatic carbocycles. The average molecular weight is 322 g/mol. The number of aromatic hydroxyl groups is 2. The van der Waals surface area contributed by atoms with Gasteiger partial charge in [-0.1, -0.05) is 42.5 Å². The number of nitrogens with two attached hydrogens (primary N) is 1. The smallest absolute Gasteiger partial charge is 0.263 e. The topological polar surface area (TPSA) is 95.6 Å². The van der Waals surface area contributed by atoms with Crippen molar-refractivity contribution in [2.45, 2.75) is 0 Å². The van der Waals surface area contributed by atoms with Crippen molar-refractivity contribution in [1.29, 1.82) is 0 Å². The number of nitrogens with one attached hydrogen (secondary N) is 1. The first-order chi connectivity index (χ1) is 11.6. The van der Waals surface area contributed by atoms with Crippen LogP contribution in [0.2, 0.25) is 0 Å². The highest BCUT2D eigenvalue weighted by atomic mass is 16.3. The minimum atomic E-state index is -0.549. The first kappa shape index (κ1) is 16.9. The van der Waals surface area contributed by atoms with E-state index in [-0.39, 0.29) is 17.1 Å². The number of rotatable bonds is 2. The van der Waals surface area contributed by atoms with Gasteiger partial charge in [0.15, 0.2) is 0 Å². The molecule has 0 aliphatic heterocycles. The van der Waals surface area contributed by atoms with E-state index < -0.39 is 5.91 Å². The Morgan fingerprint density at radius 3 is 1.71 bits per heavy atom. The fourth-order valence-corrected chi connectivity index (χ4v) is 1.93. The van der Waals surface area contributed by atoms with Crippen LogP contribution in [0.5, 0.6) is 11.5 Å². The van der Waals surface area contributed by atoms with E-state index in [2.05, 4.69) is 5.32 Å². The molecule has 0 bridgehead atoms. The molecule has 0 fully saturated rings. The van der Waals surface area contributed by atoms with Crippen LogP contribution in [0.3, 0.4) is 0 Å². The number of phenolic OH excluding ortho intramolecular Hbond substituents is 2. The van der Waals surface area contributed by atoms with Crippen molar-refractivity contribution in [2.75, 3.05) is 11.1 Å². The zero-order valence-corrected chi connectivity index (χ0v) is 12.9. The summed E-state index contributed by atoms with van der Waals surface area (Å²) in [4.78, 5) is 11.8. The summed E-state index contributed by atoms with van der Waals surface area (Å²) in [6.07, 6.45) is 0. The second kappa shape index (κ2) is 8.24. The minimum Gasteiger partial charge on any atom is -0.507 e. The average Bonchev–Trinajstić information content (AvgIpc) is 2.57. The minimum absolute atomic E-state index is 0.128. The molecule has 1 amide bonds. The predicted molar refractivity (Wildman–Crippen MR) is 95.0 cm³/mol. The molecule has 0 saturated carbocycles. The molecule has 0 aliphatic rings. The van der Waals surface area contributed by atoms with Crippen LogP contribution in [0.4, 0.5) is 11.4 Å². The Balaban J connectivity index is 0.000000249. The van der Waals surface area contributed by atoms with Crippen LogP contribution in [0, 0.1) is 0 Å². The molecule has 5 heteroatoms. The molecule has 0 aliphatic carbocycles. The number of hydrogen-bond acceptors (Lipinski definition) is 4. The van der Waals surface area contributed by atoms with E-state index in [0.29, 0.717) is 5.69 Å². The van der Waals surface area contributed by atoms with Gasteiger partial charge in [-0.25, -0.2) is 0 Å². The van der Waals surface area contributed by atoms with Gasteiger partial charge in [-0.2, -0.15) is 0 Å². The summed E-state index contributed by atoms with van der Waals surface area (Å²) >= 11 is 0. The molecule has 0 saturated heterocycles. The van der Waals surface area contributed by atoms with Gasteiger partial charge in [0.1, 0.15) is 17.1 Å². The summed E-state index contributed by atoms with van der Waals surface area (Å²) in [6, 6.07) is 22.5. The van der Waals surface area contributed by atoms with Crippen molar-refractivity contribution < 1.29 is 15.0 Å². The molecule has 0 unspecified atom stereocenters. The first-order valence-electron chi connectivity index (χ1n) is 7.26. The number of phenols is 2.